The summed E-state index contributed by atoms with van der Waals surface area (Å²) < 4.78 is 71.4. The Balaban J connectivity index is 7.38. The summed E-state index contributed by atoms with van der Waals surface area (Å²) in [7, 11) is -15.7. The standard InChI is InChI=1S/C20H46O6S2Si2/c1-7-13-29(14-8-2,15-9-3)19-20(27(21,22)23,28(24,25)26)30(16-10-4,17-11-5)18-12-6/h7-19H2,1-6H3,(H,21,22,23)(H,24,25,26). The van der Waals surface area contributed by atoms with E-state index >= 15 is 0 Å². The van der Waals surface area contributed by atoms with Crippen LogP contribution in [0.1, 0.15) is 80.1 Å². The molecule has 6 nitrogen and oxygen atoms in total. The van der Waals surface area contributed by atoms with Gasteiger partial charge in [0.1, 0.15) is 8.07 Å². The molecule has 182 valence electrons. The van der Waals surface area contributed by atoms with Gasteiger partial charge in [0, 0.05) is 0 Å². The van der Waals surface area contributed by atoms with E-state index < -0.39 is 40.1 Å². The van der Waals surface area contributed by atoms with E-state index in [1.807, 2.05) is 41.5 Å². The Morgan fingerprint density at radius 2 is 0.833 bits per heavy atom. The molecule has 0 unspecified atom stereocenters. The average Bonchev–Trinajstić information content (AvgIpc) is 2.59. The third-order valence-electron chi connectivity index (χ3n) is 6.78. The molecule has 0 radical (unpaired) electrons. The quantitative estimate of drug-likeness (QED) is 0.177. The smallest absolute Gasteiger partial charge is 0.284 e. The topological polar surface area (TPSA) is 109 Å². The first-order valence-corrected chi connectivity index (χ1v) is 20.1. The highest BCUT2D eigenvalue weighted by atomic mass is 32.3. The molecule has 0 amide bonds. The number of hydrogen-bond donors (Lipinski definition) is 2. The van der Waals surface area contributed by atoms with Crippen LogP contribution in [-0.4, -0.2) is 45.8 Å². The minimum absolute atomic E-state index is 0.0561. The summed E-state index contributed by atoms with van der Waals surface area (Å²) in [5.74, 6) is 0. The van der Waals surface area contributed by atoms with Crippen molar-refractivity contribution in [3.05, 3.63) is 0 Å². The zero-order chi connectivity index (χ0) is 23.7. The fourth-order valence-corrected chi connectivity index (χ4v) is 29.6. The summed E-state index contributed by atoms with van der Waals surface area (Å²) >= 11 is 0. The van der Waals surface area contributed by atoms with Gasteiger partial charge in [0.05, 0.1) is 8.07 Å². The lowest BCUT2D eigenvalue weighted by Crippen LogP contribution is -2.69. The summed E-state index contributed by atoms with van der Waals surface area (Å²) in [6.07, 6.45) is 4.48. The Labute approximate surface area is 188 Å². The molecule has 0 aliphatic heterocycles. The van der Waals surface area contributed by atoms with Gasteiger partial charge < -0.3 is 0 Å². The highest BCUT2D eigenvalue weighted by molar-refractivity contribution is 8.08. The van der Waals surface area contributed by atoms with Crippen molar-refractivity contribution in [3.63, 3.8) is 0 Å². The molecule has 0 aromatic heterocycles. The van der Waals surface area contributed by atoms with Crippen LogP contribution in [0.4, 0.5) is 0 Å². The van der Waals surface area contributed by atoms with E-state index in [1.54, 1.807) is 0 Å². The molecule has 0 saturated carbocycles. The van der Waals surface area contributed by atoms with E-state index in [0.717, 1.165) is 37.4 Å². The van der Waals surface area contributed by atoms with Crippen molar-refractivity contribution in [1.82, 2.24) is 0 Å². The Morgan fingerprint density at radius 3 is 1.03 bits per heavy atom. The summed E-state index contributed by atoms with van der Waals surface area (Å²) in [6, 6.07) is 3.82. The minimum Gasteiger partial charge on any atom is -0.285 e. The van der Waals surface area contributed by atoms with Crippen LogP contribution in [0.2, 0.25) is 42.3 Å². The van der Waals surface area contributed by atoms with Gasteiger partial charge in [-0.2, -0.15) is 16.8 Å². The van der Waals surface area contributed by atoms with Gasteiger partial charge in [-0.25, -0.2) is 0 Å². The van der Waals surface area contributed by atoms with E-state index in [1.165, 1.54) is 0 Å². The maximum atomic E-state index is 13.1. The molecule has 0 fully saturated rings. The van der Waals surface area contributed by atoms with Crippen molar-refractivity contribution < 1.29 is 25.9 Å². The molecule has 2 N–H and O–H groups in total. The van der Waals surface area contributed by atoms with Gasteiger partial charge in [-0.3, -0.25) is 9.11 Å². The van der Waals surface area contributed by atoms with E-state index in [2.05, 4.69) is 0 Å². The van der Waals surface area contributed by atoms with Crippen LogP contribution in [0.25, 0.3) is 0 Å². The molecule has 0 aliphatic carbocycles. The number of hydrogen-bond acceptors (Lipinski definition) is 4. The first-order valence-electron chi connectivity index (χ1n) is 11.8. The second-order valence-electron chi connectivity index (χ2n) is 9.16. The second kappa shape index (κ2) is 12.5. The Kier molecular flexibility index (Phi) is 12.6. The Bertz CT molecular complexity index is 641. The molecule has 0 aliphatic rings. The molecule has 0 heterocycles. The zero-order valence-electron chi connectivity index (χ0n) is 20.0. The van der Waals surface area contributed by atoms with Crippen LogP contribution in [-0.2, 0) is 20.2 Å². The van der Waals surface area contributed by atoms with Crippen LogP contribution in [0, 0.1) is 0 Å². The van der Waals surface area contributed by atoms with Crippen molar-refractivity contribution in [3.8, 4) is 0 Å². The summed E-state index contributed by atoms with van der Waals surface area (Å²) in [4.78, 5) is 0. The maximum absolute atomic E-state index is 13.1. The molecule has 0 saturated heterocycles. The van der Waals surface area contributed by atoms with Crippen LogP contribution in [0.3, 0.4) is 0 Å². The zero-order valence-corrected chi connectivity index (χ0v) is 23.7. The SMILES string of the molecule is CCC[Si](CCC)(CCC)CC([Si](CCC)(CCC)CCC)(S(=O)(=O)O)S(=O)(=O)O. The Hall–Kier alpha value is 0.254. The first kappa shape index (κ1) is 30.3. The van der Waals surface area contributed by atoms with Crippen molar-refractivity contribution in [1.29, 1.82) is 0 Å². The van der Waals surface area contributed by atoms with Gasteiger partial charge in [0.25, 0.3) is 20.2 Å². The molecule has 0 aromatic rings. The molecular formula is C20H46O6S2Si2. The van der Waals surface area contributed by atoms with Crippen molar-refractivity contribution in [2.45, 2.75) is 126 Å². The predicted octanol–water partition coefficient (Wildman–Crippen LogP) is 6.36. The molecule has 10 heteroatoms. The van der Waals surface area contributed by atoms with Crippen LogP contribution in [0.15, 0.2) is 0 Å². The van der Waals surface area contributed by atoms with Crippen LogP contribution >= 0.6 is 0 Å². The van der Waals surface area contributed by atoms with Crippen LogP contribution in [0.5, 0.6) is 0 Å². The lowest BCUT2D eigenvalue weighted by Gasteiger charge is -2.49. The molecule has 0 atom stereocenters. The van der Waals surface area contributed by atoms with Gasteiger partial charge in [0.2, 0.25) is 3.70 Å². The van der Waals surface area contributed by atoms with Gasteiger partial charge in [-0.15, -0.1) is 0 Å². The second-order valence-corrected chi connectivity index (χ2v) is 23.2. The highest BCUT2D eigenvalue weighted by Crippen LogP contribution is 2.51. The predicted molar refractivity (Wildman–Crippen MR) is 133 cm³/mol. The normalized spacial score (nSPS) is 14.3. The van der Waals surface area contributed by atoms with Gasteiger partial charge in [0.15, 0.2) is 0 Å². The fourth-order valence-electron chi connectivity index (χ4n) is 6.16. The van der Waals surface area contributed by atoms with Crippen molar-refractivity contribution in [2.24, 2.45) is 0 Å². The molecule has 0 spiro atoms. The van der Waals surface area contributed by atoms with Crippen molar-refractivity contribution >= 4 is 36.4 Å². The van der Waals surface area contributed by atoms with Crippen LogP contribution < -0.4 is 0 Å². The maximum Gasteiger partial charge on any atom is 0.284 e. The lowest BCUT2D eigenvalue weighted by atomic mass is 10.5. The van der Waals surface area contributed by atoms with Crippen molar-refractivity contribution in [2.75, 3.05) is 0 Å². The molecule has 0 bridgehead atoms. The number of rotatable bonds is 17. The van der Waals surface area contributed by atoms with E-state index in [-0.39, 0.29) is 6.04 Å². The third-order valence-corrected chi connectivity index (χ3v) is 27.1. The summed E-state index contributed by atoms with van der Waals surface area (Å²) in [6.45, 7) is 11.9. The van der Waals surface area contributed by atoms with E-state index in [0.29, 0.717) is 37.4 Å². The van der Waals surface area contributed by atoms with E-state index in [4.69, 9.17) is 0 Å². The van der Waals surface area contributed by atoms with Gasteiger partial charge >= 0.3 is 0 Å². The monoisotopic (exact) mass is 502 g/mol. The molecular weight excluding hydrogens is 457 g/mol. The summed E-state index contributed by atoms with van der Waals surface area (Å²) in [5, 5.41) is 0. The minimum atomic E-state index is -5.04. The largest absolute Gasteiger partial charge is 0.285 e. The molecule has 30 heavy (non-hydrogen) atoms. The first-order chi connectivity index (χ1) is 13.8. The third kappa shape index (κ3) is 6.40. The Morgan fingerprint density at radius 1 is 0.567 bits per heavy atom. The lowest BCUT2D eigenvalue weighted by molar-refractivity contribution is 0.445. The molecule has 0 aromatic carbocycles. The fraction of sp³-hybridized carbons (Fsp3) is 1.00. The highest BCUT2D eigenvalue weighted by Gasteiger charge is 2.69. The average molecular weight is 503 g/mol. The van der Waals surface area contributed by atoms with E-state index in [9.17, 15) is 25.9 Å². The summed E-state index contributed by atoms with van der Waals surface area (Å²) in [5.41, 5.74) is 0. The van der Waals surface area contributed by atoms with Gasteiger partial charge in [-0.1, -0.05) is 116 Å². The molecule has 0 rings (SSSR count). The van der Waals surface area contributed by atoms with Gasteiger partial charge in [-0.05, 0) is 6.04 Å².